The van der Waals surface area contributed by atoms with Gasteiger partial charge < -0.3 is 15.0 Å². The van der Waals surface area contributed by atoms with E-state index in [1.807, 2.05) is 47.4 Å². The second kappa shape index (κ2) is 10.8. The van der Waals surface area contributed by atoms with Crippen LogP contribution in [0.2, 0.25) is 0 Å². The molecule has 166 valence electrons. The van der Waals surface area contributed by atoms with E-state index in [0.717, 1.165) is 12.2 Å². The third kappa shape index (κ3) is 5.88. The van der Waals surface area contributed by atoms with E-state index in [1.165, 1.54) is 16.3 Å². The van der Waals surface area contributed by atoms with Crippen molar-refractivity contribution in [2.24, 2.45) is 5.92 Å². The van der Waals surface area contributed by atoms with Crippen molar-refractivity contribution in [1.29, 1.82) is 0 Å². The molecule has 0 saturated carbocycles. The summed E-state index contributed by atoms with van der Waals surface area (Å²) in [5.74, 6) is 0.956. The highest BCUT2D eigenvalue weighted by Gasteiger charge is 2.26. The number of para-hydroxylation sites is 1. The maximum absolute atomic E-state index is 12.6. The van der Waals surface area contributed by atoms with Gasteiger partial charge in [0.15, 0.2) is 0 Å². The summed E-state index contributed by atoms with van der Waals surface area (Å²) in [4.78, 5) is 26.9. The Bertz CT molecular complexity index is 1040. The Kier molecular flexibility index (Phi) is 7.38. The number of likely N-dealkylation sites (tertiary alicyclic amines) is 1. The highest BCUT2D eigenvalue weighted by Crippen LogP contribution is 2.19. The Labute approximate surface area is 189 Å². The molecule has 3 aromatic carbocycles. The number of hydrogen-bond donors (Lipinski definition) is 1. The van der Waals surface area contributed by atoms with E-state index in [4.69, 9.17) is 4.74 Å². The zero-order valence-corrected chi connectivity index (χ0v) is 18.3. The van der Waals surface area contributed by atoms with Gasteiger partial charge in [-0.3, -0.25) is 9.59 Å². The first-order chi connectivity index (χ1) is 15.7. The lowest BCUT2D eigenvalue weighted by atomic mass is 9.95. The molecular formula is C27H30N2O3. The monoisotopic (exact) mass is 430 g/mol. The molecule has 5 nitrogen and oxygen atoms in total. The Morgan fingerprint density at radius 1 is 0.906 bits per heavy atom. The van der Waals surface area contributed by atoms with E-state index in [0.29, 0.717) is 45.5 Å². The Morgan fingerprint density at radius 3 is 2.41 bits per heavy atom. The van der Waals surface area contributed by atoms with Crippen molar-refractivity contribution < 1.29 is 14.3 Å². The Balaban J connectivity index is 1.15. The fourth-order valence-electron chi connectivity index (χ4n) is 4.19. The fraction of sp³-hybridized carbons (Fsp3) is 0.333. The molecule has 0 spiro atoms. The SMILES string of the molecule is O=C(NCCc1ccc2ccccc2c1)C1CCN(C(=O)CCOc2ccccc2)CC1. The normalized spacial score (nSPS) is 14.3. The highest BCUT2D eigenvalue weighted by molar-refractivity contribution is 5.83. The predicted octanol–water partition coefficient (Wildman–Crippen LogP) is 4.21. The van der Waals surface area contributed by atoms with Crippen LogP contribution in [0.15, 0.2) is 72.8 Å². The van der Waals surface area contributed by atoms with Gasteiger partial charge in [-0.15, -0.1) is 0 Å². The number of nitrogens with one attached hydrogen (secondary N) is 1. The minimum atomic E-state index is -0.0174. The number of piperidine rings is 1. The molecule has 32 heavy (non-hydrogen) atoms. The molecule has 3 aromatic rings. The topological polar surface area (TPSA) is 58.6 Å². The molecule has 1 saturated heterocycles. The molecule has 1 heterocycles. The number of benzene rings is 3. The number of ether oxygens (including phenoxy) is 1. The molecule has 0 bridgehead atoms. The summed E-state index contributed by atoms with van der Waals surface area (Å²) in [7, 11) is 0. The molecule has 2 amide bonds. The van der Waals surface area contributed by atoms with Gasteiger partial charge in [0, 0.05) is 25.6 Å². The summed E-state index contributed by atoms with van der Waals surface area (Å²) >= 11 is 0. The van der Waals surface area contributed by atoms with E-state index in [9.17, 15) is 9.59 Å². The largest absolute Gasteiger partial charge is 0.493 e. The lowest BCUT2D eigenvalue weighted by Crippen LogP contribution is -2.43. The highest BCUT2D eigenvalue weighted by atomic mass is 16.5. The first-order valence-electron chi connectivity index (χ1n) is 11.4. The zero-order chi connectivity index (χ0) is 22.2. The van der Waals surface area contributed by atoms with Crippen LogP contribution >= 0.6 is 0 Å². The molecule has 1 N–H and O–H groups in total. The van der Waals surface area contributed by atoms with Gasteiger partial charge in [0.25, 0.3) is 0 Å². The fourth-order valence-corrected chi connectivity index (χ4v) is 4.19. The second-order valence-electron chi connectivity index (χ2n) is 8.29. The van der Waals surface area contributed by atoms with Crippen LogP contribution in [0, 0.1) is 5.92 Å². The lowest BCUT2D eigenvalue weighted by molar-refractivity contribution is -0.136. The van der Waals surface area contributed by atoms with Crippen LogP contribution < -0.4 is 10.1 Å². The van der Waals surface area contributed by atoms with Gasteiger partial charge in [0.05, 0.1) is 13.0 Å². The standard InChI is InChI=1S/C27H30N2O3/c30-26(15-19-32-25-8-2-1-3-9-25)29-17-13-23(14-18-29)27(31)28-16-12-21-10-11-22-6-4-5-7-24(22)20-21/h1-11,20,23H,12-19H2,(H,28,31). The van der Waals surface area contributed by atoms with Gasteiger partial charge in [0.1, 0.15) is 5.75 Å². The van der Waals surface area contributed by atoms with Crippen molar-refractivity contribution in [3.8, 4) is 5.75 Å². The summed E-state index contributed by atoms with van der Waals surface area (Å²) < 4.78 is 5.62. The number of nitrogens with zero attached hydrogens (tertiary/aromatic N) is 1. The summed E-state index contributed by atoms with van der Waals surface area (Å²) in [6.07, 6.45) is 2.60. The number of carbonyl (C=O) groups excluding carboxylic acids is 2. The van der Waals surface area contributed by atoms with Crippen LogP contribution in [-0.4, -0.2) is 43.0 Å². The molecule has 0 atom stereocenters. The number of hydrogen-bond acceptors (Lipinski definition) is 3. The van der Waals surface area contributed by atoms with Crippen molar-refractivity contribution in [3.63, 3.8) is 0 Å². The molecule has 5 heteroatoms. The zero-order valence-electron chi connectivity index (χ0n) is 18.3. The number of carbonyl (C=O) groups is 2. The third-order valence-electron chi connectivity index (χ3n) is 6.07. The van der Waals surface area contributed by atoms with E-state index in [2.05, 4.69) is 35.6 Å². The molecule has 4 rings (SSSR count). The molecule has 1 aliphatic rings. The second-order valence-corrected chi connectivity index (χ2v) is 8.29. The number of amides is 2. The minimum Gasteiger partial charge on any atom is -0.493 e. The maximum atomic E-state index is 12.6. The Hall–Kier alpha value is -3.34. The quantitative estimate of drug-likeness (QED) is 0.583. The summed E-state index contributed by atoms with van der Waals surface area (Å²) in [5, 5.41) is 5.54. The van der Waals surface area contributed by atoms with E-state index in [1.54, 1.807) is 0 Å². The van der Waals surface area contributed by atoms with Crippen LogP contribution in [0.3, 0.4) is 0 Å². The van der Waals surface area contributed by atoms with Crippen LogP contribution in [0.4, 0.5) is 0 Å². The first kappa shape index (κ1) is 21.9. The van der Waals surface area contributed by atoms with E-state index in [-0.39, 0.29) is 17.7 Å². The smallest absolute Gasteiger partial charge is 0.225 e. The molecule has 1 fully saturated rings. The average Bonchev–Trinajstić information content (AvgIpc) is 2.84. The van der Waals surface area contributed by atoms with Crippen molar-refractivity contribution in [2.45, 2.75) is 25.7 Å². The minimum absolute atomic E-state index is 0.0174. The van der Waals surface area contributed by atoms with Crippen LogP contribution in [-0.2, 0) is 16.0 Å². The van der Waals surface area contributed by atoms with Crippen molar-refractivity contribution >= 4 is 22.6 Å². The first-order valence-corrected chi connectivity index (χ1v) is 11.4. The van der Waals surface area contributed by atoms with Gasteiger partial charge in [-0.2, -0.15) is 0 Å². The van der Waals surface area contributed by atoms with Gasteiger partial charge in [-0.25, -0.2) is 0 Å². The third-order valence-corrected chi connectivity index (χ3v) is 6.07. The van der Waals surface area contributed by atoms with Gasteiger partial charge in [-0.05, 0) is 47.7 Å². The Morgan fingerprint density at radius 2 is 1.62 bits per heavy atom. The van der Waals surface area contributed by atoms with Gasteiger partial charge >= 0.3 is 0 Å². The molecule has 0 unspecified atom stereocenters. The van der Waals surface area contributed by atoms with Crippen LogP contribution in [0.25, 0.3) is 10.8 Å². The van der Waals surface area contributed by atoms with Gasteiger partial charge in [-0.1, -0.05) is 60.7 Å². The van der Waals surface area contributed by atoms with Crippen molar-refractivity contribution in [3.05, 3.63) is 78.4 Å². The molecule has 1 aliphatic heterocycles. The summed E-state index contributed by atoms with van der Waals surface area (Å²) in [5.41, 5.74) is 1.22. The summed E-state index contributed by atoms with van der Waals surface area (Å²) in [6.45, 7) is 2.27. The lowest BCUT2D eigenvalue weighted by Gasteiger charge is -2.31. The van der Waals surface area contributed by atoms with Crippen molar-refractivity contribution in [1.82, 2.24) is 10.2 Å². The van der Waals surface area contributed by atoms with Gasteiger partial charge in [0.2, 0.25) is 11.8 Å². The number of fused-ring (bicyclic) bond motifs is 1. The van der Waals surface area contributed by atoms with Crippen molar-refractivity contribution in [2.75, 3.05) is 26.2 Å². The summed E-state index contributed by atoms with van der Waals surface area (Å²) in [6, 6.07) is 24.3. The van der Waals surface area contributed by atoms with E-state index >= 15 is 0 Å². The molecule has 0 aliphatic carbocycles. The van der Waals surface area contributed by atoms with E-state index < -0.39 is 0 Å². The predicted molar refractivity (Wildman–Crippen MR) is 127 cm³/mol. The molecule has 0 radical (unpaired) electrons. The molecular weight excluding hydrogens is 400 g/mol. The van der Waals surface area contributed by atoms with Crippen LogP contribution in [0.1, 0.15) is 24.8 Å². The molecule has 0 aromatic heterocycles. The number of rotatable bonds is 8. The van der Waals surface area contributed by atoms with Crippen LogP contribution in [0.5, 0.6) is 5.75 Å². The maximum Gasteiger partial charge on any atom is 0.225 e. The average molecular weight is 431 g/mol.